The summed E-state index contributed by atoms with van der Waals surface area (Å²) in [5, 5.41) is 0. The number of hydrogen-bond acceptors (Lipinski definition) is 4. The molecule has 0 radical (unpaired) electrons. The lowest BCUT2D eigenvalue weighted by Crippen LogP contribution is -2.62. The van der Waals surface area contributed by atoms with Gasteiger partial charge in [-0.2, -0.15) is 0 Å². The molecule has 198 valence electrons. The predicted molar refractivity (Wildman–Crippen MR) is 142 cm³/mol. The number of piperidine rings is 1. The van der Waals surface area contributed by atoms with E-state index >= 15 is 0 Å². The molecule has 6 heteroatoms. The first-order valence-corrected chi connectivity index (χ1v) is 14.0. The van der Waals surface area contributed by atoms with E-state index in [0.717, 1.165) is 51.2 Å². The zero-order valence-corrected chi connectivity index (χ0v) is 23.8. The second-order valence-electron chi connectivity index (χ2n) is 12.2. The highest BCUT2D eigenvalue weighted by molar-refractivity contribution is 5.90. The fourth-order valence-corrected chi connectivity index (χ4v) is 6.39. The maximum absolute atomic E-state index is 13.7. The predicted octanol–water partition coefficient (Wildman–Crippen LogP) is 4.20. The first-order valence-electron chi connectivity index (χ1n) is 14.0. The topological polar surface area (TPSA) is 47.1 Å². The smallest absolute Gasteiger partial charge is 0.245 e. The first kappa shape index (κ1) is 29.1. The molecule has 2 amide bonds. The second kappa shape index (κ2) is 12.7. The standard InChI is InChI=1S/C26H48N4O2.C2H6/c1-19(2)14-22-25(32)30(13-12-28(22)7)23(15-20(3)4)24(31)29-10-8-26(9-11-29)16-21(17-26)18-27(5)6;1-2/h19-23H,8-18H2,1-7H3;1-2H3/t22-,23-;/m0./s1. The third-order valence-corrected chi connectivity index (χ3v) is 8.05. The summed E-state index contributed by atoms with van der Waals surface area (Å²) in [6.45, 7) is 17.1. The van der Waals surface area contributed by atoms with Crippen molar-refractivity contribution in [1.29, 1.82) is 0 Å². The lowest BCUT2D eigenvalue weighted by molar-refractivity contribution is -0.155. The van der Waals surface area contributed by atoms with Gasteiger partial charge in [0.1, 0.15) is 6.04 Å². The summed E-state index contributed by atoms with van der Waals surface area (Å²) in [7, 11) is 6.37. The third-order valence-electron chi connectivity index (χ3n) is 8.05. The van der Waals surface area contributed by atoms with Crippen LogP contribution >= 0.6 is 0 Å². The van der Waals surface area contributed by atoms with Gasteiger partial charge in [0, 0.05) is 32.7 Å². The summed E-state index contributed by atoms with van der Waals surface area (Å²) >= 11 is 0. The molecule has 34 heavy (non-hydrogen) atoms. The zero-order chi connectivity index (χ0) is 25.6. The van der Waals surface area contributed by atoms with Gasteiger partial charge in [0.15, 0.2) is 0 Å². The number of rotatable bonds is 8. The van der Waals surface area contributed by atoms with E-state index in [1.807, 2.05) is 25.8 Å². The molecule has 0 aromatic rings. The third kappa shape index (κ3) is 7.19. The van der Waals surface area contributed by atoms with Crippen LogP contribution < -0.4 is 0 Å². The Morgan fingerprint density at radius 2 is 1.59 bits per heavy atom. The molecule has 0 bridgehead atoms. The quantitative estimate of drug-likeness (QED) is 0.525. The molecule has 2 aliphatic heterocycles. The number of likely N-dealkylation sites (N-methyl/N-ethyl adjacent to an activating group) is 1. The number of hydrogen-bond donors (Lipinski definition) is 0. The van der Waals surface area contributed by atoms with Gasteiger partial charge in [-0.05, 0) is 82.8 Å². The number of nitrogens with zero attached hydrogens (tertiary/aromatic N) is 4. The average Bonchev–Trinajstić information content (AvgIpc) is 2.75. The van der Waals surface area contributed by atoms with Crippen molar-refractivity contribution in [3.05, 3.63) is 0 Å². The Morgan fingerprint density at radius 3 is 2.09 bits per heavy atom. The lowest BCUT2D eigenvalue weighted by atomic mass is 9.57. The monoisotopic (exact) mass is 478 g/mol. The molecule has 2 heterocycles. The Hall–Kier alpha value is -1.14. The molecule has 2 saturated heterocycles. The highest BCUT2D eigenvalue weighted by Crippen LogP contribution is 2.52. The summed E-state index contributed by atoms with van der Waals surface area (Å²) in [5.41, 5.74) is 0.469. The SMILES string of the molecule is CC.CC(C)C[C@H]1C(=O)N([C@@H](CC(C)C)C(=O)N2CCC3(CC2)CC(CN(C)C)C3)CCN1C. The van der Waals surface area contributed by atoms with Crippen molar-refractivity contribution >= 4 is 11.8 Å². The lowest BCUT2D eigenvalue weighted by Gasteiger charge is -2.53. The fraction of sp³-hybridized carbons (Fsp3) is 0.929. The Morgan fingerprint density at radius 1 is 1.00 bits per heavy atom. The zero-order valence-electron chi connectivity index (χ0n) is 23.8. The summed E-state index contributed by atoms with van der Waals surface area (Å²) in [5.74, 6) is 2.02. The molecule has 3 aliphatic rings. The van der Waals surface area contributed by atoms with E-state index in [1.165, 1.54) is 19.4 Å². The normalized spacial score (nSPS) is 24.5. The summed E-state index contributed by atoms with van der Waals surface area (Å²) in [6, 6.07) is -0.401. The highest BCUT2D eigenvalue weighted by Gasteiger charge is 2.47. The van der Waals surface area contributed by atoms with Gasteiger partial charge in [0.05, 0.1) is 6.04 Å². The maximum atomic E-state index is 13.7. The van der Waals surface area contributed by atoms with E-state index in [-0.39, 0.29) is 23.9 Å². The molecule has 6 nitrogen and oxygen atoms in total. The van der Waals surface area contributed by atoms with E-state index in [9.17, 15) is 9.59 Å². The molecule has 1 aliphatic carbocycles. The van der Waals surface area contributed by atoms with Crippen LogP contribution in [0.3, 0.4) is 0 Å². The van der Waals surface area contributed by atoms with Crippen LogP contribution in [0.2, 0.25) is 0 Å². The first-order chi connectivity index (χ1) is 16.0. The van der Waals surface area contributed by atoms with Gasteiger partial charge in [-0.3, -0.25) is 14.5 Å². The largest absolute Gasteiger partial charge is 0.341 e. The van der Waals surface area contributed by atoms with Crippen molar-refractivity contribution < 1.29 is 9.59 Å². The van der Waals surface area contributed by atoms with Gasteiger partial charge >= 0.3 is 0 Å². The van der Waals surface area contributed by atoms with Crippen LogP contribution in [0.5, 0.6) is 0 Å². The van der Waals surface area contributed by atoms with Crippen LogP contribution in [0.25, 0.3) is 0 Å². The van der Waals surface area contributed by atoms with Crippen molar-refractivity contribution in [1.82, 2.24) is 19.6 Å². The summed E-state index contributed by atoms with van der Waals surface area (Å²) in [4.78, 5) is 35.7. The molecular weight excluding hydrogens is 424 g/mol. The molecule has 1 spiro atoms. The number of carbonyl (C=O) groups is 2. The van der Waals surface area contributed by atoms with E-state index in [1.54, 1.807) is 0 Å². The van der Waals surface area contributed by atoms with Gasteiger partial charge in [0.25, 0.3) is 0 Å². The summed E-state index contributed by atoms with van der Waals surface area (Å²) < 4.78 is 0. The van der Waals surface area contributed by atoms with E-state index in [4.69, 9.17) is 0 Å². The molecule has 2 atom stereocenters. The van der Waals surface area contributed by atoms with Crippen LogP contribution in [-0.2, 0) is 9.59 Å². The van der Waals surface area contributed by atoms with Crippen molar-refractivity contribution in [3.8, 4) is 0 Å². The van der Waals surface area contributed by atoms with Crippen molar-refractivity contribution in [3.63, 3.8) is 0 Å². The van der Waals surface area contributed by atoms with Crippen molar-refractivity contribution in [2.75, 3.05) is 53.9 Å². The minimum absolute atomic E-state index is 0.0977. The van der Waals surface area contributed by atoms with E-state index < -0.39 is 0 Å². The van der Waals surface area contributed by atoms with E-state index in [2.05, 4.69) is 56.5 Å². The Kier molecular flexibility index (Phi) is 10.9. The van der Waals surface area contributed by atoms with Crippen LogP contribution in [0.1, 0.15) is 80.1 Å². The maximum Gasteiger partial charge on any atom is 0.245 e. The van der Waals surface area contributed by atoms with Gasteiger partial charge in [-0.25, -0.2) is 0 Å². The van der Waals surface area contributed by atoms with Gasteiger partial charge in [0.2, 0.25) is 11.8 Å². The fourth-order valence-electron chi connectivity index (χ4n) is 6.39. The van der Waals surface area contributed by atoms with Gasteiger partial charge in [-0.1, -0.05) is 41.5 Å². The van der Waals surface area contributed by atoms with Crippen LogP contribution in [-0.4, -0.2) is 97.4 Å². The highest BCUT2D eigenvalue weighted by atomic mass is 16.2. The Labute approximate surface area is 210 Å². The number of amides is 2. The van der Waals surface area contributed by atoms with Crippen LogP contribution in [0.15, 0.2) is 0 Å². The number of likely N-dealkylation sites (tertiary alicyclic amines) is 1. The minimum atomic E-state index is -0.303. The van der Waals surface area contributed by atoms with Crippen molar-refractivity contribution in [2.24, 2.45) is 23.2 Å². The van der Waals surface area contributed by atoms with Gasteiger partial charge < -0.3 is 14.7 Å². The Bertz CT molecular complexity index is 647. The molecule has 3 rings (SSSR count). The van der Waals surface area contributed by atoms with Crippen LogP contribution in [0, 0.1) is 23.2 Å². The molecule has 3 fully saturated rings. The molecule has 1 saturated carbocycles. The average molecular weight is 479 g/mol. The molecule has 0 aromatic carbocycles. The Balaban J connectivity index is 0.00000199. The molecular formula is C28H54N4O2. The molecule has 0 unspecified atom stereocenters. The number of carbonyl (C=O) groups excluding carboxylic acids is 2. The minimum Gasteiger partial charge on any atom is -0.341 e. The van der Waals surface area contributed by atoms with Crippen LogP contribution in [0.4, 0.5) is 0 Å². The number of piperazine rings is 1. The molecule has 0 aromatic heterocycles. The van der Waals surface area contributed by atoms with Crippen molar-refractivity contribution in [2.45, 2.75) is 92.2 Å². The van der Waals surface area contributed by atoms with E-state index in [0.29, 0.717) is 23.8 Å². The second-order valence-corrected chi connectivity index (χ2v) is 12.2. The van der Waals surface area contributed by atoms with Gasteiger partial charge in [-0.15, -0.1) is 0 Å². The summed E-state index contributed by atoms with van der Waals surface area (Å²) in [6.07, 6.45) is 6.50. The molecule has 0 N–H and O–H groups in total.